The lowest BCUT2D eigenvalue weighted by molar-refractivity contribution is -0.128. The molecule has 21 heavy (non-hydrogen) atoms. The van der Waals surface area contributed by atoms with Gasteiger partial charge in [-0.1, -0.05) is 0 Å². The minimum absolute atomic E-state index is 0.0520. The van der Waals surface area contributed by atoms with Gasteiger partial charge in [-0.15, -0.1) is 11.3 Å². The van der Waals surface area contributed by atoms with E-state index < -0.39 is 18.0 Å². The molecule has 1 rings (SSSR count). The smallest absolute Gasteiger partial charge is 0.355 e. The second kappa shape index (κ2) is 7.58. The molecule has 9 heteroatoms. The molecule has 116 valence electrons. The Labute approximate surface area is 126 Å². The van der Waals surface area contributed by atoms with Crippen molar-refractivity contribution >= 4 is 29.2 Å². The van der Waals surface area contributed by atoms with Crippen molar-refractivity contribution in [2.75, 3.05) is 20.1 Å². The minimum atomic E-state index is -1.11. The first-order valence-corrected chi connectivity index (χ1v) is 7.20. The van der Waals surface area contributed by atoms with Gasteiger partial charge in [-0.05, 0) is 13.8 Å². The summed E-state index contributed by atoms with van der Waals surface area (Å²) in [7, 11) is 1.65. The van der Waals surface area contributed by atoms with Crippen LogP contribution in [0.25, 0.3) is 0 Å². The number of carbonyl (C=O) groups excluding carboxylic acids is 2. The maximum Gasteiger partial charge on any atom is 0.355 e. The van der Waals surface area contributed by atoms with Gasteiger partial charge in [-0.2, -0.15) is 0 Å². The quantitative estimate of drug-likeness (QED) is 0.715. The van der Waals surface area contributed by atoms with Crippen LogP contribution in [0.2, 0.25) is 0 Å². The van der Waals surface area contributed by atoms with Gasteiger partial charge in [-0.25, -0.2) is 14.6 Å². The van der Waals surface area contributed by atoms with Crippen LogP contribution in [-0.2, 0) is 4.79 Å². The van der Waals surface area contributed by atoms with Crippen molar-refractivity contribution in [1.82, 2.24) is 20.5 Å². The summed E-state index contributed by atoms with van der Waals surface area (Å²) in [6, 6.07) is -0.950. The fourth-order valence-corrected chi connectivity index (χ4v) is 2.16. The third-order valence-electron chi connectivity index (χ3n) is 2.76. The topological polar surface area (TPSA) is 112 Å². The number of nitrogens with zero attached hydrogens (tertiary/aromatic N) is 2. The van der Waals surface area contributed by atoms with Crippen molar-refractivity contribution in [2.24, 2.45) is 0 Å². The maximum atomic E-state index is 11.7. The van der Waals surface area contributed by atoms with Crippen molar-refractivity contribution in [2.45, 2.75) is 19.9 Å². The third-order valence-corrected chi connectivity index (χ3v) is 3.79. The van der Waals surface area contributed by atoms with E-state index in [0.717, 1.165) is 11.3 Å². The molecule has 1 atom stereocenters. The van der Waals surface area contributed by atoms with E-state index in [2.05, 4.69) is 15.6 Å². The van der Waals surface area contributed by atoms with Crippen LogP contribution in [0.5, 0.6) is 0 Å². The van der Waals surface area contributed by atoms with Gasteiger partial charge in [0.05, 0.1) is 12.6 Å². The predicted molar refractivity (Wildman–Crippen MR) is 77.3 cm³/mol. The molecule has 0 saturated heterocycles. The van der Waals surface area contributed by atoms with Gasteiger partial charge in [0.25, 0.3) is 0 Å². The van der Waals surface area contributed by atoms with Crippen molar-refractivity contribution in [3.05, 3.63) is 16.1 Å². The lowest BCUT2D eigenvalue weighted by atomic mass is 10.3. The molecule has 1 aromatic heterocycles. The van der Waals surface area contributed by atoms with Gasteiger partial charge in [0.1, 0.15) is 5.01 Å². The number of hydrogen-bond acceptors (Lipinski definition) is 5. The highest BCUT2D eigenvalue weighted by Gasteiger charge is 2.16. The SMILES string of the molecule is CCN(C)C(=O)CNC(=O)NC(C)c1nc(C(=O)O)cs1. The Hall–Kier alpha value is -2.16. The number of rotatable bonds is 6. The molecule has 8 nitrogen and oxygen atoms in total. The van der Waals surface area contributed by atoms with Gasteiger partial charge in [0, 0.05) is 19.0 Å². The van der Waals surface area contributed by atoms with Crippen LogP contribution in [0.4, 0.5) is 4.79 Å². The summed E-state index contributed by atoms with van der Waals surface area (Å²) in [5, 5.41) is 15.7. The molecular weight excluding hydrogens is 296 g/mol. The van der Waals surface area contributed by atoms with Crippen molar-refractivity contribution < 1.29 is 19.5 Å². The normalized spacial score (nSPS) is 11.6. The summed E-state index contributed by atoms with van der Waals surface area (Å²) in [6.07, 6.45) is 0. The molecule has 0 spiro atoms. The molecule has 3 amide bonds. The van der Waals surface area contributed by atoms with Crippen LogP contribution >= 0.6 is 11.3 Å². The molecule has 0 aliphatic rings. The fraction of sp³-hybridized carbons (Fsp3) is 0.500. The standard InChI is InChI=1S/C12H18N4O4S/c1-4-16(3)9(17)5-13-12(20)14-7(2)10-15-8(6-21-10)11(18)19/h6-7H,4-5H2,1-3H3,(H,18,19)(H2,13,14,20). The largest absolute Gasteiger partial charge is 0.476 e. The highest BCUT2D eigenvalue weighted by Crippen LogP contribution is 2.17. The Morgan fingerprint density at radius 1 is 1.48 bits per heavy atom. The van der Waals surface area contributed by atoms with Gasteiger partial charge in [0.2, 0.25) is 5.91 Å². The number of aromatic nitrogens is 1. The van der Waals surface area contributed by atoms with E-state index in [1.54, 1.807) is 14.0 Å². The van der Waals surface area contributed by atoms with Crippen LogP contribution in [0, 0.1) is 0 Å². The molecule has 1 unspecified atom stereocenters. The Balaban J connectivity index is 2.46. The van der Waals surface area contributed by atoms with Crippen LogP contribution in [0.15, 0.2) is 5.38 Å². The molecule has 0 bridgehead atoms. The summed E-state index contributed by atoms with van der Waals surface area (Å²) in [5.74, 6) is -1.30. The molecule has 0 aromatic carbocycles. The van der Waals surface area contributed by atoms with Gasteiger partial charge < -0.3 is 20.6 Å². The Kier molecular flexibility index (Phi) is 6.10. The van der Waals surface area contributed by atoms with E-state index in [0.29, 0.717) is 11.6 Å². The first kappa shape index (κ1) is 16.9. The number of amides is 3. The second-order valence-corrected chi connectivity index (χ2v) is 5.22. The Bertz CT molecular complexity index is 531. The van der Waals surface area contributed by atoms with E-state index in [4.69, 9.17) is 5.11 Å². The molecule has 0 aliphatic carbocycles. The molecule has 1 heterocycles. The zero-order valence-electron chi connectivity index (χ0n) is 12.0. The molecule has 0 saturated carbocycles. The molecule has 3 N–H and O–H groups in total. The predicted octanol–water partition coefficient (Wildman–Crippen LogP) is 0.680. The molecular formula is C12H18N4O4S. The van der Waals surface area contributed by atoms with Crippen molar-refractivity contribution in [3.63, 3.8) is 0 Å². The lowest BCUT2D eigenvalue weighted by Crippen LogP contribution is -2.43. The second-order valence-electron chi connectivity index (χ2n) is 4.33. The summed E-state index contributed by atoms with van der Waals surface area (Å²) in [4.78, 5) is 39.3. The van der Waals surface area contributed by atoms with E-state index in [1.807, 2.05) is 6.92 Å². The maximum absolute atomic E-state index is 11.7. The van der Waals surface area contributed by atoms with E-state index in [1.165, 1.54) is 10.3 Å². The molecule has 0 radical (unpaired) electrons. The first-order chi connectivity index (χ1) is 9.85. The van der Waals surface area contributed by atoms with Crippen LogP contribution in [-0.4, -0.2) is 53.0 Å². The van der Waals surface area contributed by atoms with Crippen LogP contribution < -0.4 is 10.6 Å². The number of carboxylic acids is 1. The number of nitrogens with one attached hydrogen (secondary N) is 2. The van der Waals surface area contributed by atoms with E-state index in [9.17, 15) is 14.4 Å². The lowest BCUT2D eigenvalue weighted by Gasteiger charge is -2.16. The monoisotopic (exact) mass is 314 g/mol. The minimum Gasteiger partial charge on any atom is -0.476 e. The molecule has 0 fully saturated rings. The highest BCUT2D eigenvalue weighted by atomic mass is 32.1. The Morgan fingerprint density at radius 3 is 2.67 bits per heavy atom. The summed E-state index contributed by atoms with van der Waals surface area (Å²) in [5.41, 5.74) is -0.0520. The number of thiazole rings is 1. The number of carboxylic acid groups (broad SMARTS) is 1. The van der Waals surface area contributed by atoms with Crippen LogP contribution in [0.1, 0.15) is 35.4 Å². The highest BCUT2D eigenvalue weighted by molar-refractivity contribution is 7.09. The fourth-order valence-electron chi connectivity index (χ4n) is 1.36. The van der Waals surface area contributed by atoms with E-state index in [-0.39, 0.29) is 18.1 Å². The average molecular weight is 314 g/mol. The van der Waals surface area contributed by atoms with Crippen molar-refractivity contribution in [1.29, 1.82) is 0 Å². The molecule has 0 aliphatic heterocycles. The number of aromatic carboxylic acids is 1. The first-order valence-electron chi connectivity index (χ1n) is 6.32. The Morgan fingerprint density at radius 2 is 2.14 bits per heavy atom. The molecule has 1 aromatic rings. The van der Waals surface area contributed by atoms with E-state index >= 15 is 0 Å². The average Bonchev–Trinajstić information content (AvgIpc) is 2.93. The van der Waals surface area contributed by atoms with Gasteiger partial charge in [0.15, 0.2) is 5.69 Å². The zero-order chi connectivity index (χ0) is 16.0. The summed E-state index contributed by atoms with van der Waals surface area (Å²) in [6.45, 7) is 3.99. The zero-order valence-corrected chi connectivity index (χ0v) is 12.9. The number of carbonyl (C=O) groups is 3. The third kappa shape index (κ3) is 5.03. The van der Waals surface area contributed by atoms with Gasteiger partial charge in [-0.3, -0.25) is 4.79 Å². The summed E-state index contributed by atoms with van der Waals surface area (Å²) >= 11 is 1.15. The number of urea groups is 1. The summed E-state index contributed by atoms with van der Waals surface area (Å²) < 4.78 is 0. The van der Waals surface area contributed by atoms with Crippen molar-refractivity contribution in [3.8, 4) is 0 Å². The van der Waals surface area contributed by atoms with Crippen LogP contribution in [0.3, 0.4) is 0 Å². The van der Waals surface area contributed by atoms with Gasteiger partial charge >= 0.3 is 12.0 Å². The number of hydrogen-bond donors (Lipinski definition) is 3. The number of likely N-dealkylation sites (N-methyl/N-ethyl adjacent to an activating group) is 1.